The third-order valence-corrected chi connectivity index (χ3v) is 2.70. The predicted octanol–water partition coefficient (Wildman–Crippen LogP) is 3.74. The topological polar surface area (TPSA) is 89.7 Å². The smallest absolute Gasteiger partial charge is 0.342 e. The molecule has 2 aromatic carbocycles. The first-order chi connectivity index (χ1) is 9.47. The van der Waals surface area contributed by atoms with E-state index in [2.05, 4.69) is 0 Å². The van der Waals surface area contributed by atoms with Crippen molar-refractivity contribution in [2.45, 2.75) is 0 Å². The molecule has 7 heteroatoms. The Balaban J connectivity index is 2.34. The second-order valence-corrected chi connectivity index (χ2v) is 4.23. The number of carboxylic acid groups (broad SMARTS) is 1. The Morgan fingerprint density at radius 2 is 1.75 bits per heavy atom. The molecule has 0 amide bonds. The number of aromatic carboxylic acids is 1. The predicted molar refractivity (Wildman–Crippen MR) is 71.6 cm³/mol. The highest BCUT2D eigenvalue weighted by Crippen LogP contribution is 2.28. The highest BCUT2D eigenvalue weighted by Gasteiger charge is 2.20. The molecule has 1 N–H and O–H groups in total. The minimum atomic E-state index is -1.39. The van der Waals surface area contributed by atoms with E-state index in [0.717, 1.165) is 12.1 Å². The summed E-state index contributed by atoms with van der Waals surface area (Å²) in [4.78, 5) is 21.0. The summed E-state index contributed by atoms with van der Waals surface area (Å²) in [6.45, 7) is 0. The van der Waals surface area contributed by atoms with Crippen molar-refractivity contribution in [3.63, 3.8) is 0 Å². The van der Waals surface area contributed by atoms with Gasteiger partial charge < -0.3 is 9.84 Å². The molecule has 20 heavy (non-hydrogen) atoms. The molecule has 0 saturated carbocycles. The molecule has 0 aliphatic carbocycles. The van der Waals surface area contributed by atoms with Gasteiger partial charge in [-0.15, -0.1) is 0 Å². The number of carbonyl (C=O) groups is 1. The monoisotopic (exact) mass is 293 g/mol. The Kier molecular flexibility index (Phi) is 3.86. The molecule has 0 heterocycles. The first kappa shape index (κ1) is 13.8. The van der Waals surface area contributed by atoms with Gasteiger partial charge in [-0.3, -0.25) is 10.1 Å². The second kappa shape index (κ2) is 5.58. The number of rotatable bonds is 4. The molecule has 2 rings (SSSR count). The van der Waals surface area contributed by atoms with Crippen LogP contribution in [0.4, 0.5) is 5.69 Å². The highest BCUT2D eigenvalue weighted by molar-refractivity contribution is 6.30. The van der Waals surface area contributed by atoms with Gasteiger partial charge in [-0.05, 0) is 30.3 Å². The van der Waals surface area contributed by atoms with E-state index < -0.39 is 22.1 Å². The average molecular weight is 294 g/mol. The van der Waals surface area contributed by atoms with Crippen LogP contribution in [-0.2, 0) is 0 Å². The van der Waals surface area contributed by atoms with E-state index >= 15 is 0 Å². The lowest BCUT2D eigenvalue weighted by atomic mass is 10.1. The van der Waals surface area contributed by atoms with Gasteiger partial charge in [0, 0.05) is 17.2 Å². The molecule has 102 valence electrons. The Morgan fingerprint density at radius 1 is 1.15 bits per heavy atom. The Hall–Kier alpha value is -2.60. The zero-order chi connectivity index (χ0) is 14.7. The van der Waals surface area contributed by atoms with Crippen molar-refractivity contribution in [2.75, 3.05) is 0 Å². The summed E-state index contributed by atoms with van der Waals surface area (Å²) in [5.74, 6) is -0.756. The molecular formula is C13H8ClNO5. The molecule has 0 fully saturated rings. The second-order valence-electron chi connectivity index (χ2n) is 3.80. The zero-order valence-electron chi connectivity index (χ0n) is 9.95. The van der Waals surface area contributed by atoms with E-state index in [9.17, 15) is 14.9 Å². The van der Waals surface area contributed by atoms with Crippen molar-refractivity contribution in [3.8, 4) is 11.5 Å². The minimum absolute atomic E-state index is 0.190. The third kappa shape index (κ3) is 3.04. The number of hydrogen-bond donors (Lipinski definition) is 1. The van der Waals surface area contributed by atoms with Crippen LogP contribution in [0.25, 0.3) is 0 Å². The van der Waals surface area contributed by atoms with Crippen LogP contribution < -0.4 is 4.74 Å². The fourth-order valence-corrected chi connectivity index (χ4v) is 1.67. The maximum atomic E-state index is 11.0. The van der Waals surface area contributed by atoms with Crippen molar-refractivity contribution in [3.05, 3.63) is 63.2 Å². The Bertz CT molecular complexity index is 669. The highest BCUT2D eigenvalue weighted by atomic mass is 35.5. The summed E-state index contributed by atoms with van der Waals surface area (Å²) in [6.07, 6.45) is 0. The summed E-state index contributed by atoms with van der Waals surface area (Å²) in [6, 6.07) is 9.96. The van der Waals surface area contributed by atoms with Gasteiger partial charge in [0.25, 0.3) is 5.69 Å². The van der Waals surface area contributed by atoms with E-state index in [1.54, 1.807) is 24.3 Å². The number of ether oxygens (including phenoxy) is 1. The summed E-state index contributed by atoms with van der Waals surface area (Å²) < 4.78 is 5.41. The first-order valence-electron chi connectivity index (χ1n) is 5.42. The fraction of sp³-hybridized carbons (Fsp3) is 0. The lowest BCUT2D eigenvalue weighted by molar-refractivity contribution is -0.385. The van der Waals surface area contributed by atoms with Crippen LogP contribution in [0.3, 0.4) is 0 Å². The van der Waals surface area contributed by atoms with Gasteiger partial charge in [0.1, 0.15) is 17.1 Å². The van der Waals surface area contributed by atoms with Gasteiger partial charge in [-0.25, -0.2) is 4.79 Å². The lowest BCUT2D eigenvalue weighted by Crippen LogP contribution is -2.02. The quantitative estimate of drug-likeness (QED) is 0.685. The zero-order valence-corrected chi connectivity index (χ0v) is 10.7. The molecule has 0 aliphatic heterocycles. The minimum Gasteiger partial charge on any atom is -0.477 e. The van der Waals surface area contributed by atoms with Crippen molar-refractivity contribution in [2.24, 2.45) is 0 Å². The number of carboxylic acids is 1. The number of benzene rings is 2. The molecule has 2 aromatic rings. The van der Waals surface area contributed by atoms with Crippen LogP contribution in [0.2, 0.25) is 5.02 Å². The normalized spacial score (nSPS) is 10.1. The van der Waals surface area contributed by atoms with Crippen LogP contribution in [0.5, 0.6) is 11.5 Å². The van der Waals surface area contributed by atoms with E-state index in [1.165, 1.54) is 6.07 Å². The number of nitro benzene ring substituents is 1. The number of halogens is 1. The molecule has 0 atom stereocenters. The van der Waals surface area contributed by atoms with Gasteiger partial charge in [0.05, 0.1) is 4.92 Å². The van der Waals surface area contributed by atoms with Crippen LogP contribution >= 0.6 is 11.6 Å². The number of nitro groups is 1. The summed E-state index contributed by atoms with van der Waals surface area (Å²) in [7, 11) is 0. The van der Waals surface area contributed by atoms with Crippen molar-refractivity contribution in [1.82, 2.24) is 0 Å². The van der Waals surface area contributed by atoms with Crippen LogP contribution in [0, 0.1) is 10.1 Å². The summed E-state index contributed by atoms with van der Waals surface area (Å²) >= 11 is 5.73. The largest absolute Gasteiger partial charge is 0.477 e. The molecule has 0 spiro atoms. The van der Waals surface area contributed by atoms with E-state index in [0.29, 0.717) is 10.8 Å². The maximum absolute atomic E-state index is 11.0. The average Bonchev–Trinajstić information content (AvgIpc) is 2.41. The summed E-state index contributed by atoms with van der Waals surface area (Å²) in [5.41, 5.74) is -0.914. The Morgan fingerprint density at radius 3 is 2.30 bits per heavy atom. The molecule has 0 bridgehead atoms. The first-order valence-corrected chi connectivity index (χ1v) is 5.80. The van der Waals surface area contributed by atoms with Crippen molar-refractivity contribution < 1.29 is 19.6 Å². The van der Waals surface area contributed by atoms with Gasteiger partial charge in [0.15, 0.2) is 0 Å². The SMILES string of the molecule is O=C(O)c1cc(Oc2ccc(Cl)cc2)ccc1[N+](=O)[O-]. The van der Waals surface area contributed by atoms with E-state index in [4.69, 9.17) is 21.4 Å². The van der Waals surface area contributed by atoms with Gasteiger partial charge in [0.2, 0.25) is 0 Å². The molecule has 0 saturated heterocycles. The van der Waals surface area contributed by atoms with Crippen LogP contribution in [0.15, 0.2) is 42.5 Å². The van der Waals surface area contributed by atoms with Gasteiger partial charge in [-0.2, -0.15) is 0 Å². The van der Waals surface area contributed by atoms with Crippen molar-refractivity contribution >= 4 is 23.3 Å². The molecule has 0 aromatic heterocycles. The van der Waals surface area contributed by atoms with Crippen LogP contribution in [0.1, 0.15) is 10.4 Å². The van der Waals surface area contributed by atoms with Crippen molar-refractivity contribution in [1.29, 1.82) is 0 Å². The lowest BCUT2D eigenvalue weighted by Gasteiger charge is -2.06. The van der Waals surface area contributed by atoms with E-state index in [1.807, 2.05) is 0 Å². The summed E-state index contributed by atoms with van der Waals surface area (Å²) in [5, 5.41) is 20.2. The number of hydrogen-bond acceptors (Lipinski definition) is 4. The fourth-order valence-electron chi connectivity index (χ4n) is 1.55. The molecular weight excluding hydrogens is 286 g/mol. The number of nitrogens with zero attached hydrogens (tertiary/aromatic N) is 1. The van der Waals surface area contributed by atoms with Gasteiger partial charge in [-0.1, -0.05) is 11.6 Å². The molecule has 0 aliphatic rings. The third-order valence-electron chi connectivity index (χ3n) is 2.44. The molecule has 0 unspecified atom stereocenters. The Labute approximate surface area is 118 Å². The standard InChI is InChI=1S/C13H8ClNO5/c14-8-1-3-9(4-2-8)20-10-5-6-12(15(18)19)11(7-10)13(16)17/h1-7H,(H,16,17). The van der Waals surface area contributed by atoms with E-state index in [-0.39, 0.29) is 5.75 Å². The van der Waals surface area contributed by atoms with Gasteiger partial charge >= 0.3 is 5.97 Å². The molecule has 6 nitrogen and oxygen atoms in total. The maximum Gasteiger partial charge on any atom is 0.342 e. The van der Waals surface area contributed by atoms with Crippen LogP contribution in [-0.4, -0.2) is 16.0 Å². The molecule has 0 radical (unpaired) electrons.